The Labute approximate surface area is 115 Å². The van der Waals surface area contributed by atoms with Crippen molar-refractivity contribution in [1.29, 1.82) is 0 Å². The Morgan fingerprint density at radius 2 is 1.70 bits per heavy atom. The van der Waals surface area contributed by atoms with Crippen molar-refractivity contribution in [2.24, 2.45) is 0 Å². The Morgan fingerprint density at radius 3 is 2.20 bits per heavy atom. The Kier molecular flexibility index (Phi) is 4.02. The highest BCUT2D eigenvalue weighted by Crippen LogP contribution is 2.19. The number of carbonyl (C=O) groups is 3. The molecule has 1 atom stereocenters. The zero-order valence-corrected chi connectivity index (χ0v) is 10.8. The minimum Gasteiger partial charge on any atom is -0.508 e. The van der Waals surface area contributed by atoms with Crippen LogP contribution in [0.25, 0.3) is 0 Å². The lowest BCUT2D eigenvalue weighted by Crippen LogP contribution is -2.51. The van der Waals surface area contributed by atoms with Crippen molar-refractivity contribution in [3.05, 3.63) is 29.8 Å². The Balaban J connectivity index is 2.22. The molecule has 0 aromatic heterocycles. The summed E-state index contributed by atoms with van der Waals surface area (Å²) in [6.07, 6.45) is 0.906. The first kappa shape index (κ1) is 14.0. The SMILES string of the molecule is O=C(O)C(Cc1ccc(O)cc1)N1C(=O)CCCC1=O. The summed E-state index contributed by atoms with van der Waals surface area (Å²) in [4.78, 5) is 35.8. The molecule has 1 saturated heterocycles. The van der Waals surface area contributed by atoms with Gasteiger partial charge in [0, 0.05) is 19.3 Å². The molecular formula is C14H15NO5. The highest BCUT2D eigenvalue weighted by molar-refractivity contribution is 6.01. The summed E-state index contributed by atoms with van der Waals surface area (Å²) in [7, 11) is 0. The summed E-state index contributed by atoms with van der Waals surface area (Å²) in [5, 5.41) is 18.5. The van der Waals surface area contributed by atoms with Crippen LogP contribution in [0.1, 0.15) is 24.8 Å². The molecule has 1 aliphatic heterocycles. The van der Waals surface area contributed by atoms with Crippen LogP contribution in [0.5, 0.6) is 5.75 Å². The van der Waals surface area contributed by atoms with Gasteiger partial charge in [-0.25, -0.2) is 4.79 Å². The molecule has 20 heavy (non-hydrogen) atoms. The van der Waals surface area contributed by atoms with Gasteiger partial charge >= 0.3 is 5.97 Å². The van der Waals surface area contributed by atoms with E-state index in [-0.39, 0.29) is 25.0 Å². The number of rotatable bonds is 4. The molecule has 1 aromatic rings. The molecule has 2 amide bonds. The molecule has 1 fully saturated rings. The van der Waals surface area contributed by atoms with Gasteiger partial charge in [0.05, 0.1) is 0 Å². The summed E-state index contributed by atoms with van der Waals surface area (Å²) < 4.78 is 0. The first-order valence-corrected chi connectivity index (χ1v) is 6.34. The van der Waals surface area contributed by atoms with Crippen LogP contribution in [0.3, 0.4) is 0 Å². The number of amides is 2. The zero-order valence-electron chi connectivity index (χ0n) is 10.8. The number of hydrogen-bond acceptors (Lipinski definition) is 4. The second-order valence-electron chi connectivity index (χ2n) is 4.74. The number of phenols is 1. The van der Waals surface area contributed by atoms with Gasteiger partial charge in [0.2, 0.25) is 11.8 Å². The van der Waals surface area contributed by atoms with Gasteiger partial charge < -0.3 is 10.2 Å². The average molecular weight is 277 g/mol. The van der Waals surface area contributed by atoms with Crippen molar-refractivity contribution in [3.8, 4) is 5.75 Å². The molecule has 1 unspecified atom stereocenters. The summed E-state index contributed by atoms with van der Waals surface area (Å²) in [5.41, 5.74) is 0.640. The van der Waals surface area contributed by atoms with E-state index in [1.807, 2.05) is 0 Å². The molecule has 2 rings (SSSR count). The number of carbonyl (C=O) groups excluding carboxylic acids is 2. The molecule has 1 heterocycles. The lowest BCUT2D eigenvalue weighted by molar-refractivity contribution is -0.160. The molecule has 1 aromatic carbocycles. The standard InChI is InChI=1S/C14H15NO5/c16-10-6-4-9(5-7-10)8-11(14(19)20)15-12(17)2-1-3-13(15)18/h4-7,11,16H,1-3,8H2,(H,19,20). The van der Waals surface area contributed by atoms with Gasteiger partial charge in [-0.1, -0.05) is 12.1 Å². The maximum Gasteiger partial charge on any atom is 0.327 e. The Bertz CT molecular complexity index is 521. The van der Waals surface area contributed by atoms with E-state index in [1.54, 1.807) is 12.1 Å². The molecule has 106 valence electrons. The summed E-state index contributed by atoms with van der Waals surface area (Å²) >= 11 is 0. The Morgan fingerprint density at radius 1 is 1.15 bits per heavy atom. The number of nitrogens with zero attached hydrogens (tertiary/aromatic N) is 1. The second-order valence-corrected chi connectivity index (χ2v) is 4.74. The molecular weight excluding hydrogens is 262 g/mol. The lowest BCUT2D eigenvalue weighted by atomic mass is 10.0. The quantitative estimate of drug-likeness (QED) is 0.798. The van der Waals surface area contributed by atoms with Crippen molar-refractivity contribution in [1.82, 2.24) is 4.90 Å². The van der Waals surface area contributed by atoms with Crippen LogP contribution in [-0.4, -0.2) is 38.9 Å². The van der Waals surface area contributed by atoms with Crippen LogP contribution in [0.15, 0.2) is 24.3 Å². The molecule has 0 spiro atoms. The Hall–Kier alpha value is -2.37. The molecule has 6 heteroatoms. The molecule has 0 bridgehead atoms. The highest BCUT2D eigenvalue weighted by Gasteiger charge is 2.36. The van der Waals surface area contributed by atoms with Gasteiger partial charge in [-0.3, -0.25) is 14.5 Å². The van der Waals surface area contributed by atoms with E-state index in [2.05, 4.69) is 0 Å². The number of carboxylic acids is 1. The van der Waals surface area contributed by atoms with Gasteiger partial charge in [-0.05, 0) is 24.1 Å². The summed E-state index contributed by atoms with van der Waals surface area (Å²) in [5.74, 6) is -2.01. The molecule has 2 N–H and O–H groups in total. The van der Waals surface area contributed by atoms with E-state index in [0.29, 0.717) is 12.0 Å². The predicted octanol–water partition coefficient (Wildman–Crippen LogP) is 0.927. The van der Waals surface area contributed by atoms with E-state index in [9.17, 15) is 24.6 Å². The first-order valence-electron chi connectivity index (χ1n) is 6.34. The van der Waals surface area contributed by atoms with Crippen LogP contribution < -0.4 is 0 Å². The van der Waals surface area contributed by atoms with Crippen LogP contribution in [-0.2, 0) is 20.8 Å². The molecule has 0 aliphatic carbocycles. The number of hydrogen-bond donors (Lipinski definition) is 2. The second kappa shape index (κ2) is 5.73. The van der Waals surface area contributed by atoms with Gasteiger partial charge in [0.1, 0.15) is 11.8 Å². The average Bonchev–Trinajstić information content (AvgIpc) is 2.39. The highest BCUT2D eigenvalue weighted by atomic mass is 16.4. The fourth-order valence-corrected chi connectivity index (χ4v) is 2.26. The number of aliphatic carboxylic acids is 1. The topological polar surface area (TPSA) is 94.9 Å². The van der Waals surface area contributed by atoms with E-state index >= 15 is 0 Å². The number of piperidine rings is 1. The number of phenolic OH excluding ortho intramolecular Hbond substituents is 1. The van der Waals surface area contributed by atoms with Crippen LogP contribution in [0.4, 0.5) is 0 Å². The monoisotopic (exact) mass is 277 g/mol. The smallest absolute Gasteiger partial charge is 0.327 e. The van der Waals surface area contributed by atoms with Crippen LogP contribution in [0.2, 0.25) is 0 Å². The maximum atomic E-state index is 11.8. The van der Waals surface area contributed by atoms with Gasteiger partial charge in [0.25, 0.3) is 0 Å². The van der Waals surface area contributed by atoms with E-state index in [4.69, 9.17) is 0 Å². The van der Waals surface area contributed by atoms with Crippen molar-refractivity contribution < 1.29 is 24.6 Å². The number of carboxylic acid groups (broad SMARTS) is 1. The molecule has 0 saturated carbocycles. The first-order chi connectivity index (χ1) is 9.49. The van der Waals surface area contributed by atoms with E-state index in [0.717, 1.165) is 4.90 Å². The third-order valence-electron chi connectivity index (χ3n) is 3.28. The van der Waals surface area contributed by atoms with Gasteiger partial charge in [-0.15, -0.1) is 0 Å². The lowest BCUT2D eigenvalue weighted by Gasteiger charge is -2.30. The summed E-state index contributed by atoms with van der Waals surface area (Å²) in [6, 6.07) is 4.83. The largest absolute Gasteiger partial charge is 0.508 e. The predicted molar refractivity (Wildman–Crippen MR) is 68.9 cm³/mol. The fourth-order valence-electron chi connectivity index (χ4n) is 2.26. The maximum absolute atomic E-state index is 11.8. The van der Waals surface area contributed by atoms with Crippen molar-refractivity contribution in [3.63, 3.8) is 0 Å². The zero-order chi connectivity index (χ0) is 14.7. The number of likely N-dealkylation sites (tertiary alicyclic amines) is 1. The van der Waals surface area contributed by atoms with Gasteiger partial charge in [0.15, 0.2) is 0 Å². The summed E-state index contributed by atoms with van der Waals surface area (Å²) in [6.45, 7) is 0. The third-order valence-corrected chi connectivity index (χ3v) is 3.28. The van der Waals surface area contributed by atoms with Crippen molar-refractivity contribution in [2.75, 3.05) is 0 Å². The fraction of sp³-hybridized carbons (Fsp3) is 0.357. The number of aromatic hydroxyl groups is 1. The van der Waals surface area contributed by atoms with E-state index < -0.39 is 23.8 Å². The van der Waals surface area contributed by atoms with Crippen molar-refractivity contribution in [2.45, 2.75) is 31.7 Å². The van der Waals surface area contributed by atoms with E-state index in [1.165, 1.54) is 12.1 Å². The minimum absolute atomic E-state index is 0.0348. The normalized spacial score (nSPS) is 17.1. The van der Waals surface area contributed by atoms with Crippen molar-refractivity contribution >= 4 is 17.8 Å². The molecule has 1 aliphatic rings. The van der Waals surface area contributed by atoms with Gasteiger partial charge in [-0.2, -0.15) is 0 Å². The van der Waals surface area contributed by atoms with Crippen LogP contribution >= 0.6 is 0 Å². The number of benzene rings is 1. The third kappa shape index (κ3) is 2.96. The number of imide groups is 1. The van der Waals surface area contributed by atoms with Crippen LogP contribution in [0, 0.1) is 0 Å². The molecule has 0 radical (unpaired) electrons. The minimum atomic E-state index is -1.21. The molecule has 6 nitrogen and oxygen atoms in total.